The van der Waals surface area contributed by atoms with Gasteiger partial charge in [-0.1, -0.05) is 0 Å². The summed E-state index contributed by atoms with van der Waals surface area (Å²) in [4.78, 5) is 12.5. The molecule has 4 heteroatoms. The maximum absolute atomic E-state index is 11.0. The lowest BCUT2D eigenvalue weighted by Crippen LogP contribution is -2.42. The Labute approximate surface area is 72.6 Å². The predicted octanol–water partition coefficient (Wildman–Crippen LogP) is 0.0285. The number of nitrogens with one attached hydrogen (secondary N) is 1. The monoisotopic (exact) mass is 172 g/mol. The average Bonchev–Trinajstić information content (AvgIpc) is 1.95. The first-order valence-corrected chi connectivity index (χ1v) is 4.23. The second-order valence-electron chi connectivity index (χ2n) is 3.57. The zero-order valence-electron chi connectivity index (χ0n) is 7.58. The van der Waals surface area contributed by atoms with Gasteiger partial charge >= 0.3 is 6.03 Å². The summed E-state index contributed by atoms with van der Waals surface area (Å²) in [5, 5.41) is 11.8. The minimum Gasteiger partial charge on any atom is -0.393 e. The molecule has 0 unspecified atom stereocenters. The molecular formula is C8H16N2O2. The lowest BCUT2D eigenvalue weighted by molar-refractivity contribution is 0.0437. The third-order valence-electron chi connectivity index (χ3n) is 2.16. The molecule has 1 fully saturated rings. The minimum atomic E-state index is -0.133. The molecule has 1 rings (SSSR count). The molecule has 1 saturated carbocycles. The van der Waals surface area contributed by atoms with Crippen LogP contribution < -0.4 is 5.32 Å². The van der Waals surface area contributed by atoms with Gasteiger partial charge in [0.15, 0.2) is 0 Å². The molecule has 0 aromatic carbocycles. The van der Waals surface area contributed by atoms with E-state index < -0.39 is 0 Å². The van der Waals surface area contributed by atoms with Gasteiger partial charge < -0.3 is 15.3 Å². The number of nitrogens with zero attached hydrogens (tertiary/aromatic N) is 1. The molecule has 0 radical (unpaired) electrons. The molecule has 4 nitrogen and oxygen atoms in total. The van der Waals surface area contributed by atoms with Crippen molar-refractivity contribution in [2.24, 2.45) is 5.92 Å². The van der Waals surface area contributed by atoms with Crippen LogP contribution in [0.25, 0.3) is 0 Å². The van der Waals surface area contributed by atoms with Gasteiger partial charge in [0, 0.05) is 20.6 Å². The van der Waals surface area contributed by atoms with Crippen LogP contribution in [-0.2, 0) is 0 Å². The van der Waals surface area contributed by atoms with E-state index in [-0.39, 0.29) is 12.1 Å². The Morgan fingerprint density at radius 2 is 2.17 bits per heavy atom. The van der Waals surface area contributed by atoms with Gasteiger partial charge in [0.2, 0.25) is 0 Å². The molecule has 0 saturated heterocycles. The number of hydrogen-bond acceptors (Lipinski definition) is 2. The highest BCUT2D eigenvalue weighted by Crippen LogP contribution is 2.25. The quantitative estimate of drug-likeness (QED) is 0.617. The molecular weight excluding hydrogens is 156 g/mol. The molecule has 12 heavy (non-hydrogen) atoms. The molecule has 2 amide bonds. The number of urea groups is 1. The molecule has 0 aliphatic heterocycles. The summed E-state index contributed by atoms with van der Waals surface area (Å²) in [6.45, 7) is 0.689. The third kappa shape index (κ3) is 2.37. The molecule has 1 aliphatic rings. The van der Waals surface area contributed by atoms with Gasteiger partial charge in [-0.3, -0.25) is 0 Å². The van der Waals surface area contributed by atoms with Gasteiger partial charge in [0.05, 0.1) is 6.10 Å². The predicted molar refractivity (Wildman–Crippen MR) is 45.8 cm³/mol. The van der Waals surface area contributed by atoms with Gasteiger partial charge in [0.1, 0.15) is 0 Å². The fourth-order valence-corrected chi connectivity index (χ4v) is 1.26. The van der Waals surface area contributed by atoms with Crippen LogP contribution in [0.2, 0.25) is 0 Å². The number of aliphatic hydroxyl groups is 1. The highest BCUT2D eigenvalue weighted by Gasteiger charge is 2.27. The van der Waals surface area contributed by atoms with Gasteiger partial charge in [-0.25, -0.2) is 4.79 Å². The van der Waals surface area contributed by atoms with Gasteiger partial charge in [-0.05, 0) is 18.8 Å². The van der Waals surface area contributed by atoms with E-state index in [0.29, 0.717) is 12.5 Å². The van der Waals surface area contributed by atoms with Crippen LogP contribution in [0.1, 0.15) is 12.8 Å². The number of carbonyl (C=O) groups excluding carboxylic acids is 1. The van der Waals surface area contributed by atoms with Crippen LogP contribution in [0.4, 0.5) is 4.79 Å². The van der Waals surface area contributed by atoms with Crippen molar-refractivity contribution in [3.05, 3.63) is 0 Å². The first-order chi connectivity index (χ1) is 5.59. The van der Waals surface area contributed by atoms with E-state index in [1.165, 1.54) is 4.90 Å². The maximum Gasteiger partial charge on any atom is 0.316 e. The average molecular weight is 172 g/mol. The molecule has 1 aliphatic carbocycles. The number of hydrogen-bond donors (Lipinski definition) is 2. The van der Waals surface area contributed by atoms with Gasteiger partial charge in [-0.2, -0.15) is 0 Å². The molecule has 70 valence electrons. The van der Waals surface area contributed by atoms with Crippen LogP contribution in [-0.4, -0.2) is 42.8 Å². The molecule has 0 heterocycles. The lowest BCUT2D eigenvalue weighted by Gasteiger charge is -2.31. The van der Waals surface area contributed by atoms with Crippen molar-refractivity contribution in [1.29, 1.82) is 0 Å². The largest absolute Gasteiger partial charge is 0.393 e. The standard InChI is InChI=1S/C8H16N2O2/c1-10(2)8(12)9-5-6-3-7(11)4-6/h6-7,11H,3-5H2,1-2H3,(H,9,12). The van der Waals surface area contributed by atoms with Crippen molar-refractivity contribution in [2.45, 2.75) is 18.9 Å². The fraction of sp³-hybridized carbons (Fsp3) is 0.875. The molecule has 0 bridgehead atoms. The Morgan fingerprint density at radius 1 is 1.58 bits per heavy atom. The zero-order chi connectivity index (χ0) is 9.14. The van der Waals surface area contributed by atoms with E-state index in [4.69, 9.17) is 5.11 Å². The topological polar surface area (TPSA) is 52.6 Å². The van der Waals surface area contributed by atoms with Crippen molar-refractivity contribution >= 4 is 6.03 Å². The Bertz CT molecular complexity index is 164. The summed E-state index contributed by atoms with van der Waals surface area (Å²) in [6.07, 6.45) is 1.52. The Balaban J connectivity index is 2.06. The van der Waals surface area contributed by atoms with Crippen LogP contribution in [0.5, 0.6) is 0 Å². The number of carbonyl (C=O) groups is 1. The van der Waals surface area contributed by atoms with Crippen molar-refractivity contribution in [3.8, 4) is 0 Å². The molecule has 0 aromatic rings. The van der Waals surface area contributed by atoms with E-state index in [2.05, 4.69) is 5.32 Å². The van der Waals surface area contributed by atoms with E-state index in [0.717, 1.165) is 12.8 Å². The third-order valence-corrected chi connectivity index (χ3v) is 2.16. The summed E-state index contributed by atoms with van der Waals surface area (Å²) in [6, 6.07) is -0.0589. The van der Waals surface area contributed by atoms with E-state index >= 15 is 0 Å². The van der Waals surface area contributed by atoms with Crippen molar-refractivity contribution in [1.82, 2.24) is 10.2 Å². The lowest BCUT2D eigenvalue weighted by atomic mass is 9.82. The SMILES string of the molecule is CN(C)C(=O)NCC1CC(O)C1. The number of rotatable bonds is 2. The van der Waals surface area contributed by atoms with Crippen molar-refractivity contribution in [3.63, 3.8) is 0 Å². The van der Waals surface area contributed by atoms with Crippen molar-refractivity contribution < 1.29 is 9.90 Å². The number of amides is 2. The molecule has 0 aromatic heterocycles. The van der Waals surface area contributed by atoms with E-state index in [9.17, 15) is 4.79 Å². The van der Waals surface area contributed by atoms with Gasteiger partial charge in [-0.15, -0.1) is 0 Å². The second-order valence-corrected chi connectivity index (χ2v) is 3.57. The second kappa shape index (κ2) is 3.76. The van der Waals surface area contributed by atoms with E-state index in [1.54, 1.807) is 14.1 Å². The Kier molecular flexibility index (Phi) is 2.92. The molecule has 0 spiro atoms. The first-order valence-electron chi connectivity index (χ1n) is 4.23. The smallest absolute Gasteiger partial charge is 0.316 e. The van der Waals surface area contributed by atoms with Crippen LogP contribution in [0, 0.1) is 5.92 Å². The summed E-state index contributed by atoms with van der Waals surface area (Å²) >= 11 is 0. The van der Waals surface area contributed by atoms with E-state index in [1.807, 2.05) is 0 Å². The number of aliphatic hydroxyl groups excluding tert-OH is 1. The Hall–Kier alpha value is -0.770. The minimum absolute atomic E-state index is 0.0589. The van der Waals surface area contributed by atoms with Crippen LogP contribution in [0.15, 0.2) is 0 Å². The summed E-state index contributed by atoms with van der Waals surface area (Å²) in [5.41, 5.74) is 0. The highest BCUT2D eigenvalue weighted by molar-refractivity contribution is 5.73. The molecule has 2 N–H and O–H groups in total. The van der Waals surface area contributed by atoms with Crippen LogP contribution >= 0.6 is 0 Å². The summed E-state index contributed by atoms with van der Waals surface area (Å²) < 4.78 is 0. The first kappa shape index (κ1) is 9.32. The van der Waals surface area contributed by atoms with Crippen LogP contribution in [0.3, 0.4) is 0 Å². The summed E-state index contributed by atoms with van der Waals surface area (Å²) in [7, 11) is 3.43. The highest BCUT2D eigenvalue weighted by atomic mass is 16.3. The maximum atomic E-state index is 11.0. The van der Waals surface area contributed by atoms with Crippen molar-refractivity contribution in [2.75, 3.05) is 20.6 Å². The normalized spacial score (nSPS) is 27.6. The molecule has 0 atom stereocenters. The Morgan fingerprint density at radius 3 is 2.58 bits per heavy atom. The zero-order valence-corrected chi connectivity index (χ0v) is 7.58. The summed E-state index contributed by atoms with van der Waals surface area (Å²) in [5.74, 6) is 0.476. The fourth-order valence-electron chi connectivity index (χ4n) is 1.26. The van der Waals surface area contributed by atoms with Gasteiger partial charge in [0.25, 0.3) is 0 Å².